The Morgan fingerprint density at radius 2 is 1.89 bits per heavy atom. The normalized spacial score (nSPS) is 10.0. The highest BCUT2D eigenvalue weighted by Crippen LogP contribution is 2.29. The minimum Gasteiger partial charge on any atom is -0.494 e. The molecule has 0 aliphatic heterocycles. The number of benzene rings is 2. The van der Waals surface area contributed by atoms with E-state index in [9.17, 15) is 19.7 Å². The Morgan fingerprint density at radius 3 is 2.56 bits per heavy atom. The second-order valence-electron chi connectivity index (χ2n) is 5.20. The first-order valence-corrected chi connectivity index (χ1v) is 7.97. The third kappa shape index (κ3) is 5.18. The molecule has 0 aliphatic rings. The van der Waals surface area contributed by atoms with Gasteiger partial charge in [-0.3, -0.25) is 14.9 Å². The molecule has 0 atom stereocenters. The van der Waals surface area contributed by atoms with Crippen LogP contribution >= 0.6 is 0 Å². The van der Waals surface area contributed by atoms with Gasteiger partial charge in [0.2, 0.25) is 0 Å². The van der Waals surface area contributed by atoms with Crippen LogP contribution in [0.5, 0.6) is 11.5 Å². The molecule has 1 N–H and O–H groups in total. The number of para-hydroxylation sites is 1. The molecule has 27 heavy (non-hydrogen) atoms. The maximum Gasteiger partial charge on any atom is 0.342 e. The van der Waals surface area contributed by atoms with E-state index in [0.717, 1.165) is 0 Å². The lowest BCUT2D eigenvalue weighted by Gasteiger charge is -2.11. The fourth-order valence-electron chi connectivity index (χ4n) is 2.21. The van der Waals surface area contributed by atoms with E-state index in [1.807, 2.05) is 0 Å². The van der Waals surface area contributed by atoms with Crippen molar-refractivity contribution in [3.63, 3.8) is 0 Å². The molecule has 0 bridgehead atoms. The quantitative estimate of drug-likeness (QED) is 0.429. The van der Waals surface area contributed by atoms with Crippen LogP contribution in [0.3, 0.4) is 0 Å². The number of carbonyl (C=O) groups excluding carboxylic acids is 2. The van der Waals surface area contributed by atoms with Crippen LogP contribution in [-0.4, -0.2) is 37.1 Å². The number of nitrogens with zero attached hydrogens (tertiary/aromatic N) is 1. The van der Waals surface area contributed by atoms with Crippen LogP contribution < -0.4 is 14.8 Å². The third-order valence-corrected chi connectivity index (χ3v) is 3.41. The van der Waals surface area contributed by atoms with Crippen molar-refractivity contribution >= 4 is 23.3 Å². The largest absolute Gasteiger partial charge is 0.494 e. The summed E-state index contributed by atoms with van der Waals surface area (Å²) in [5, 5.41) is 13.3. The van der Waals surface area contributed by atoms with Crippen molar-refractivity contribution in [2.45, 2.75) is 6.92 Å². The number of nitrogens with one attached hydrogen (secondary N) is 1. The molecule has 0 aliphatic carbocycles. The van der Waals surface area contributed by atoms with Gasteiger partial charge in [-0.05, 0) is 25.1 Å². The van der Waals surface area contributed by atoms with E-state index in [1.165, 1.54) is 31.4 Å². The Bertz CT molecular complexity index is 851. The van der Waals surface area contributed by atoms with Gasteiger partial charge in [0.25, 0.3) is 11.6 Å². The van der Waals surface area contributed by atoms with E-state index in [0.29, 0.717) is 12.4 Å². The number of nitro groups is 1. The number of rotatable bonds is 8. The maximum atomic E-state index is 12.2. The SMILES string of the molecule is CCOc1ccccc1C(=O)OCC(=O)Nc1ccc([N+](=O)[O-])cc1OC. The molecule has 1 amide bonds. The molecule has 0 saturated heterocycles. The van der Waals surface area contributed by atoms with Gasteiger partial charge in [0.1, 0.15) is 17.1 Å². The van der Waals surface area contributed by atoms with E-state index in [1.54, 1.807) is 25.1 Å². The van der Waals surface area contributed by atoms with Crippen LogP contribution in [0.1, 0.15) is 17.3 Å². The highest BCUT2D eigenvalue weighted by molar-refractivity contribution is 5.97. The van der Waals surface area contributed by atoms with E-state index >= 15 is 0 Å². The first-order chi connectivity index (χ1) is 13.0. The second-order valence-corrected chi connectivity index (χ2v) is 5.20. The topological polar surface area (TPSA) is 117 Å². The van der Waals surface area contributed by atoms with Gasteiger partial charge in [-0.25, -0.2) is 4.79 Å². The molecule has 0 radical (unpaired) electrons. The molecule has 0 fully saturated rings. The Kier molecular flexibility index (Phi) is 6.70. The van der Waals surface area contributed by atoms with E-state index in [4.69, 9.17) is 14.2 Å². The molecule has 9 heteroatoms. The summed E-state index contributed by atoms with van der Waals surface area (Å²) in [6, 6.07) is 10.3. The van der Waals surface area contributed by atoms with Gasteiger partial charge in [0, 0.05) is 6.07 Å². The summed E-state index contributed by atoms with van der Waals surface area (Å²) >= 11 is 0. The minimum absolute atomic E-state index is 0.116. The zero-order valence-electron chi connectivity index (χ0n) is 14.8. The molecular formula is C18H18N2O7. The summed E-state index contributed by atoms with van der Waals surface area (Å²) in [5.41, 5.74) is 0.253. The Hall–Kier alpha value is -3.62. The average molecular weight is 374 g/mol. The lowest BCUT2D eigenvalue weighted by atomic mass is 10.2. The first kappa shape index (κ1) is 19.7. The van der Waals surface area contributed by atoms with Crippen molar-refractivity contribution in [2.75, 3.05) is 25.6 Å². The minimum atomic E-state index is -0.704. The monoisotopic (exact) mass is 374 g/mol. The summed E-state index contributed by atoms with van der Waals surface area (Å²) < 4.78 is 15.4. The summed E-state index contributed by atoms with van der Waals surface area (Å²) in [6.07, 6.45) is 0. The number of amides is 1. The number of hydrogen-bond acceptors (Lipinski definition) is 7. The molecular weight excluding hydrogens is 356 g/mol. The van der Waals surface area contributed by atoms with Gasteiger partial charge in [-0.15, -0.1) is 0 Å². The van der Waals surface area contributed by atoms with Gasteiger partial charge >= 0.3 is 5.97 Å². The smallest absolute Gasteiger partial charge is 0.342 e. The van der Waals surface area contributed by atoms with Crippen LogP contribution in [0.4, 0.5) is 11.4 Å². The van der Waals surface area contributed by atoms with Crippen molar-refractivity contribution < 1.29 is 28.7 Å². The fourth-order valence-corrected chi connectivity index (χ4v) is 2.21. The van der Waals surface area contributed by atoms with Crippen LogP contribution in [0, 0.1) is 10.1 Å². The molecule has 0 unspecified atom stereocenters. The Morgan fingerprint density at radius 1 is 1.15 bits per heavy atom. The molecule has 2 aromatic carbocycles. The van der Waals surface area contributed by atoms with Gasteiger partial charge in [0.05, 0.1) is 30.4 Å². The molecule has 9 nitrogen and oxygen atoms in total. The first-order valence-electron chi connectivity index (χ1n) is 7.97. The van der Waals surface area contributed by atoms with Crippen molar-refractivity contribution in [3.05, 3.63) is 58.1 Å². The molecule has 0 saturated carbocycles. The number of ether oxygens (including phenoxy) is 3. The van der Waals surface area contributed by atoms with Crippen LogP contribution in [0.25, 0.3) is 0 Å². The van der Waals surface area contributed by atoms with E-state index in [-0.39, 0.29) is 22.7 Å². The third-order valence-electron chi connectivity index (χ3n) is 3.41. The maximum absolute atomic E-state index is 12.2. The number of anilines is 1. The Balaban J connectivity index is 2.00. The predicted molar refractivity (Wildman–Crippen MR) is 96.2 cm³/mol. The van der Waals surface area contributed by atoms with E-state index in [2.05, 4.69) is 5.32 Å². The van der Waals surface area contributed by atoms with Gasteiger partial charge in [-0.1, -0.05) is 12.1 Å². The lowest BCUT2D eigenvalue weighted by Crippen LogP contribution is -2.21. The summed E-state index contributed by atoms with van der Waals surface area (Å²) in [5.74, 6) is -0.845. The number of nitro benzene ring substituents is 1. The molecule has 2 rings (SSSR count). The lowest BCUT2D eigenvalue weighted by molar-refractivity contribution is -0.384. The van der Waals surface area contributed by atoms with Crippen molar-refractivity contribution in [1.29, 1.82) is 0 Å². The van der Waals surface area contributed by atoms with Crippen molar-refractivity contribution in [2.24, 2.45) is 0 Å². The van der Waals surface area contributed by atoms with E-state index < -0.39 is 23.4 Å². The van der Waals surface area contributed by atoms with Crippen LogP contribution in [0.15, 0.2) is 42.5 Å². The molecule has 2 aromatic rings. The number of esters is 1. The zero-order valence-corrected chi connectivity index (χ0v) is 14.8. The second kappa shape index (κ2) is 9.18. The van der Waals surface area contributed by atoms with Crippen LogP contribution in [0.2, 0.25) is 0 Å². The number of methoxy groups -OCH3 is 1. The van der Waals surface area contributed by atoms with Crippen LogP contribution in [-0.2, 0) is 9.53 Å². The highest BCUT2D eigenvalue weighted by Gasteiger charge is 2.17. The average Bonchev–Trinajstić information content (AvgIpc) is 2.67. The summed E-state index contributed by atoms with van der Waals surface area (Å²) in [6.45, 7) is 1.62. The molecule has 142 valence electrons. The van der Waals surface area contributed by atoms with Gasteiger partial charge in [-0.2, -0.15) is 0 Å². The highest BCUT2D eigenvalue weighted by atomic mass is 16.6. The standard InChI is InChI=1S/C18H18N2O7/c1-3-26-15-7-5-4-6-13(15)18(22)27-11-17(21)19-14-9-8-12(20(23)24)10-16(14)25-2/h4-10H,3,11H2,1-2H3,(H,19,21). The molecule has 0 heterocycles. The summed E-state index contributed by atoms with van der Waals surface area (Å²) in [7, 11) is 1.32. The van der Waals surface area contributed by atoms with Gasteiger partial charge in [0.15, 0.2) is 6.61 Å². The fraction of sp³-hybridized carbons (Fsp3) is 0.222. The predicted octanol–water partition coefficient (Wildman–Crippen LogP) is 2.80. The van der Waals surface area contributed by atoms with Crippen molar-refractivity contribution in [3.8, 4) is 11.5 Å². The number of carbonyl (C=O) groups is 2. The molecule has 0 aromatic heterocycles. The van der Waals surface area contributed by atoms with Crippen molar-refractivity contribution in [1.82, 2.24) is 0 Å². The summed E-state index contributed by atoms with van der Waals surface area (Å²) in [4.78, 5) is 34.4. The molecule has 0 spiro atoms. The number of hydrogen-bond donors (Lipinski definition) is 1. The zero-order chi connectivity index (χ0) is 19.8. The Labute approximate surface area is 155 Å². The number of non-ortho nitro benzene ring substituents is 1. The van der Waals surface area contributed by atoms with Gasteiger partial charge < -0.3 is 19.5 Å².